The molecule has 1 heterocycles. The van der Waals surface area contributed by atoms with E-state index in [0.717, 1.165) is 32.1 Å². The molecule has 1 aliphatic carbocycles. The predicted octanol–water partition coefficient (Wildman–Crippen LogP) is 2.84. The lowest BCUT2D eigenvalue weighted by Gasteiger charge is -2.29. The number of imide groups is 1. The van der Waals surface area contributed by atoms with Crippen LogP contribution in [-0.4, -0.2) is 54.4 Å². The predicted molar refractivity (Wildman–Crippen MR) is 105 cm³/mol. The van der Waals surface area contributed by atoms with Gasteiger partial charge in [0.2, 0.25) is 0 Å². The van der Waals surface area contributed by atoms with Crippen molar-refractivity contribution < 1.29 is 24.2 Å². The molecule has 0 atom stereocenters. The summed E-state index contributed by atoms with van der Waals surface area (Å²) in [6.45, 7) is -0.0573. The lowest BCUT2D eigenvalue weighted by atomic mass is 9.94. The Morgan fingerprint density at radius 3 is 2.41 bits per heavy atom. The van der Waals surface area contributed by atoms with E-state index in [0.29, 0.717) is 33.3 Å². The molecule has 1 aromatic rings. The number of carbonyl (C=O) groups is 2. The van der Waals surface area contributed by atoms with E-state index >= 15 is 0 Å². The highest BCUT2D eigenvalue weighted by Gasteiger charge is 2.43. The molecule has 6 nitrogen and oxygen atoms in total. The number of hydrogen-bond acceptors (Lipinski definition) is 6. The van der Waals surface area contributed by atoms with Crippen molar-refractivity contribution in [2.45, 2.75) is 38.1 Å². The summed E-state index contributed by atoms with van der Waals surface area (Å²) >= 11 is 1.24. The normalized spacial score (nSPS) is 18.4. The minimum absolute atomic E-state index is 0.0406. The number of thioether (sulfide) groups is 1. The Labute approximate surface area is 163 Å². The molecule has 0 saturated heterocycles. The van der Waals surface area contributed by atoms with Crippen LogP contribution in [0.1, 0.15) is 37.7 Å². The molecule has 1 fully saturated rings. The second kappa shape index (κ2) is 8.80. The number of aliphatic hydroxyl groups is 1. The van der Waals surface area contributed by atoms with E-state index in [9.17, 15) is 14.7 Å². The van der Waals surface area contributed by atoms with E-state index in [-0.39, 0.29) is 24.5 Å². The lowest BCUT2D eigenvalue weighted by molar-refractivity contribution is -0.139. The Hall–Kier alpha value is -1.99. The molecular formula is C20H25NO5S. The van der Waals surface area contributed by atoms with Gasteiger partial charge in [-0.2, -0.15) is 0 Å². The topological polar surface area (TPSA) is 76.1 Å². The zero-order chi connectivity index (χ0) is 19.4. The molecule has 146 valence electrons. The second-order valence-corrected chi connectivity index (χ2v) is 7.72. The molecule has 1 N–H and O–H groups in total. The number of amides is 2. The van der Waals surface area contributed by atoms with Gasteiger partial charge in [-0.05, 0) is 30.5 Å². The van der Waals surface area contributed by atoms with Gasteiger partial charge in [-0.3, -0.25) is 14.5 Å². The van der Waals surface area contributed by atoms with E-state index in [1.54, 1.807) is 25.3 Å². The summed E-state index contributed by atoms with van der Waals surface area (Å²) < 4.78 is 10.6. The van der Waals surface area contributed by atoms with Crippen LogP contribution in [0.2, 0.25) is 0 Å². The molecule has 0 radical (unpaired) electrons. The van der Waals surface area contributed by atoms with E-state index in [4.69, 9.17) is 9.47 Å². The van der Waals surface area contributed by atoms with Gasteiger partial charge >= 0.3 is 0 Å². The van der Waals surface area contributed by atoms with Crippen molar-refractivity contribution >= 4 is 29.1 Å². The largest absolute Gasteiger partial charge is 0.493 e. The van der Waals surface area contributed by atoms with Crippen LogP contribution in [0.25, 0.3) is 5.57 Å². The minimum atomic E-state index is -0.250. The van der Waals surface area contributed by atoms with Crippen molar-refractivity contribution in [2.75, 3.05) is 26.6 Å². The van der Waals surface area contributed by atoms with Gasteiger partial charge in [0, 0.05) is 11.8 Å². The van der Waals surface area contributed by atoms with Crippen molar-refractivity contribution in [3.8, 4) is 11.5 Å². The summed E-state index contributed by atoms with van der Waals surface area (Å²) in [6.07, 6.45) is 4.93. The molecule has 3 rings (SSSR count). The van der Waals surface area contributed by atoms with Crippen LogP contribution in [0.4, 0.5) is 0 Å². The third-order valence-electron chi connectivity index (χ3n) is 5.02. The maximum Gasteiger partial charge on any atom is 0.268 e. The molecule has 0 aromatic heterocycles. The Morgan fingerprint density at radius 2 is 1.78 bits per heavy atom. The van der Waals surface area contributed by atoms with Crippen LogP contribution >= 0.6 is 11.8 Å². The lowest BCUT2D eigenvalue weighted by Crippen LogP contribution is -2.42. The van der Waals surface area contributed by atoms with Gasteiger partial charge in [0.05, 0.1) is 31.3 Å². The van der Waals surface area contributed by atoms with Crippen LogP contribution in [0.3, 0.4) is 0 Å². The number of rotatable bonds is 7. The fourth-order valence-corrected chi connectivity index (χ4v) is 4.59. The summed E-state index contributed by atoms with van der Waals surface area (Å²) in [4.78, 5) is 28.2. The Balaban J connectivity index is 2.01. The number of nitrogens with zero attached hydrogens (tertiary/aromatic N) is 1. The van der Waals surface area contributed by atoms with Crippen LogP contribution in [0.5, 0.6) is 11.5 Å². The van der Waals surface area contributed by atoms with Crippen molar-refractivity contribution in [2.24, 2.45) is 0 Å². The highest BCUT2D eigenvalue weighted by atomic mass is 32.2. The summed E-state index contributed by atoms with van der Waals surface area (Å²) in [5, 5.41) is 9.21. The van der Waals surface area contributed by atoms with E-state index < -0.39 is 0 Å². The van der Waals surface area contributed by atoms with E-state index in [1.807, 2.05) is 0 Å². The molecule has 0 spiro atoms. The number of carbonyl (C=O) groups excluding carboxylic acids is 2. The Morgan fingerprint density at radius 1 is 1.07 bits per heavy atom. The van der Waals surface area contributed by atoms with Crippen LogP contribution < -0.4 is 9.47 Å². The maximum atomic E-state index is 13.2. The van der Waals surface area contributed by atoms with Crippen molar-refractivity contribution in [1.29, 1.82) is 0 Å². The average Bonchev–Trinajstić information content (AvgIpc) is 2.95. The first kappa shape index (κ1) is 19.8. The quantitative estimate of drug-likeness (QED) is 0.721. The van der Waals surface area contributed by atoms with Crippen LogP contribution in [0, 0.1) is 0 Å². The first-order chi connectivity index (χ1) is 13.1. The molecule has 1 saturated carbocycles. The number of aliphatic hydroxyl groups excluding tert-OH is 1. The van der Waals surface area contributed by atoms with Gasteiger partial charge in [-0.15, -0.1) is 11.8 Å². The minimum Gasteiger partial charge on any atom is -0.493 e. The van der Waals surface area contributed by atoms with Gasteiger partial charge in [-0.25, -0.2) is 0 Å². The number of hydrogen-bond donors (Lipinski definition) is 1. The molecule has 0 bridgehead atoms. The van der Waals surface area contributed by atoms with E-state index in [2.05, 4.69) is 0 Å². The van der Waals surface area contributed by atoms with Crippen LogP contribution in [-0.2, 0) is 9.59 Å². The Kier molecular flexibility index (Phi) is 6.44. The highest BCUT2D eigenvalue weighted by Crippen LogP contribution is 2.41. The third kappa shape index (κ3) is 3.84. The molecule has 2 aliphatic rings. The molecule has 2 amide bonds. The SMILES string of the molecule is COc1ccc(C2=C(SCCO)C(=O)N(C3CCCCC3)C2=O)cc1OC. The summed E-state index contributed by atoms with van der Waals surface area (Å²) in [7, 11) is 3.09. The van der Waals surface area contributed by atoms with Gasteiger partial charge in [0.25, 0.3) is 11.8 Å². The van der Waals surface area contributed by atoms with Crippen molar-refractivity contribution in [3.63, 3.8) is 0 Å². The molecule has 1 aliphatic heterocycles. The first-order valence-corrected chi connectivity index (χ1v) is 10.2. The smallest absolute Gasteiger partial charge is 0.268 e. The number of benzene rings is 1. The second-order valence-electron chi connectivity index (χ2n) is 6.62. The monoisotopic (exact) mass is 391 g/mol. The van der Waals surface area contributed by atoms with Gasteiger partial charge in [0.1, 0.15) is 0 Å². The van der Waals surface area contributed by atoms with Crippen molar-refractivity contribution in [1.82, 2.24) is 4.90 Å². The Bertz CT molecular complexity index is 755. The van der Waals surface area contributed by atoms with Crippen LogP contribution in [0.15, 0.2) is 23.1 Å². The fourth-order valence-electron chi connectivity index (χ4n) is 3.72. The third-order valence-corrected chi connectivity index (χ3v) is 6.08. The highest BCUT2D eigenvalue weighted by molar-refractivity contribution is 8.04. The molecule has 27 heavy (non-hydrogen) atoms. The fraction of sp³-hybridized carbons (Fsp3) is 0.500. The summed E-state index contributed by atoms with van der Waals surface area (Å²) in [6, 6.07) is 5.19. The molecule has 0 unspecified atom stereocenters. The molecular weight excluding hydrogens is 366 g/mol. The summed E-state index contributed by atoms with van der Waals surface area (Å²) in [5.41, 5.74) is 1.02. The van der Waals surface area contributed by atoms with Gasteiger partial charge < -0.3 is 14.6 Å². The zero-order valence-corrected chi connectivity index (χ0v) is 16.5. The van der Waals surface area contributed by atoms with E-state index in [1.165, 1.54) is 23.8 Å². The van der Waals surface area contributed by atoms with Crippen molar-refractivity contribution in [3.05, 3.63) is 28.7 Å². The van der Waals surface area contributed by atoms with Gasteiger partial charge in [0.15, 0.2) is 11.5 Å². The number of ether oxygens (including phenoxy) is 2. The van der Waals surface area contributed by atoms with Gasteiger partial charge in [-0.1, -0.05) is 25.3 Å². The number of methoxy groups -OCH3 is 2. The maximum absolute atomic E-state index is 13.2. The summed E-state index contributed by atoms with van der Waals surface area (Å²) in [5.74, 6) is 0.941. The standard InChI is InChI=1S/C20H25NO5S/c1-25-15-9-8-13(12-16(15)26-2)17-18(27-11-10-22)20(24)21(19(17)23)14-6-4-3-5-7-14/h8-9,12,14,22H,3-7,10-11H2,1-2H3. The zero-order valence-electron chi connectivity index (χ0n) is 15.7. The molecule has 7 heteroatoms. The average molecular weight is 391 g/mol. The first-order valence-electron chi connectivity index (χ1n) is 9.20. The molecule has 1 aromatic carbocycles.